The molecule has 9 heteroatoms. The molecule has 5 nitrogen and oxygen atoms in total. The van der Waals surface area contributed by atoms with Crippen molar-refractivity contribution in [2.24, 2.45) is 11.3 Å². The van der Waals surface area contributed by atoms with Crippen LogP contribution < -0.4 is 4.90 Å². The zero-order chi connectivity index (χ0) is 27.7. The molecule has 1 amide bonds. The lowest BCUT2D eigenvalue weighted by atomic mass is 9.87. The molecule has 2 aliphatic rings. The Morgan fingerprint density at radius 3 is 2.21 bits per heavy atom. The zero-order valence-corrected chi connectivity index (χ0v) is 24.6. The minimum absolute atomic E-state index is 0.0204. The standard InChI is InChI=1S/C29H36Cl2FNO4S/c1-28(2,3)27(34)33(19-20-7-5-4-6-8-20)26-24(31)17-21(18-25(26)32)29(13-15-37-16-14-29)38(35,36)23-11-9-22(30)10-12-23/h9-12,17-18,20H,4-8,13-16,19H2,1-3H3. The lowest BCUT2D eigenvalue weighted by Crippen LogP contribution is -2.44. The molecule has 2 aromatic rings. The van der Waals surface area contributed by atoms with Gasteiger partial charge in [-0.1, -0.05) is 63.2 Å². The summed E-state index contributed by atoms with van der Waals surface area (Å²) in [6.07, 6.45) is 5.61. The van der Waals surface area contributed by atoms with Crippen LogP contribution in [0.25, 0.3) is 0 Å². The molecule has 2 fully saturated rings. The van der Waals surface area contributed by atoms with E-state index in [1.165, 1.54) is 47.7 Å². The number of benzene rings is 2. The fourth-order valence-corrected chi connectivity index (χ4v) is 8.16. The van der Waals surface area contributed by atoms with Crippen molar-refractivity contribution in [3.8, 4) is 0 Å². The van der Waals surface area contributed by atoms with E-state index in [0.29, 0.717) is 11.6 Å². The summed E-state index contributed by atoms with van der Waals surface area (Å²) < 4.78 is 48.3. The first-order valence-corrected chi connectivity index (χ1v) is 15.5. The van der Waals surface area contributed by atoms with Gasteiger partial charge in [0.15, 0.2) is 9.84 Å². The number of hydrogen-bond donors (Lipinski definition) is 0. The van der Waals surface area contributed by atoms with Crippen molar-refractivity contribution in [1.29, 1.82) is 0 Å². The predicted molar refractivity (Wildman–Crippen MR) is 150 cm³/mol. The minimum Gasteiger partial charge on any atom is -0.381 e. The van der Waals surface area contributed by atoms with E-state index in [-0.39, 0.29) is 59.0 Å². The van der Waals surface area contributed by atoms with Crippen LogP contribution in [0.4, 0.5) is 10.1 Å². The number of carbonyl (C=O) groups excluding carboxylic acids is 1. The van der Waals surface area contributed by atoms with Gasteiger partial charge in [0.2, 0.25) is 5.91 Å². The lowest BCUT2D eigenvalue weighted by Gasteiger charge is -2.38. The summed E-state index contributed by atoms with van der Waals surface area (Å²) in [7, 11) is -3.97. The summed E-state index contributed by atoms with van der Waals surface area (Å²) >= 11 is 12.8. The molecule has 0 spiro atoms. The van der Waals surface area contributed by atoms with Crippen molar-refractivity contribution < 1.29 is 22.3 Å². The van der Waals surface area contributed by atoms with E-state index >= 15 is 4.39 Å². The molecule has 4 rings (SSSR count). The maximum absolute atomic E-state index is 16.1. The number of sulfone groups is 1. The molecule has 0 N–H and O–H groups in total. The Labute approximate surface area is 235 Å². The van der Waals surface area contributed by atoms with Crippen LogP contribution in [-0.4, -0.2) is 34.1 Å². The van der Waals surface area contributed by atoms with Crippen LogP contribution >= 0.6 is 23.2 Å². The molecule has 1 saturated carbocycles. The Kier molecular flexibility index (Phi) is 8.83. The molecule has 0 bridgehead atoms. The fraction of sp³-hybridized carbons (Fsp3) is 0.552. The molecule has 1 saturated heterocycles. The van der Waals surface area contributed by atoms with Gasteiger partial charge in [-0.05, 0) is 73.6 Å². The first-order chi connectivity index (χ1) is 17.9. The summed E-state index contributed by atoms with van der Waals surface area (Å²) in [5, 5.41) is 0.454. The smallest absolute Gasteiger partial charge is 0.232 e. The molecule has 2 aromatic carbocycles. The number of ether oxygens (including phenoxy) is 1. The number of amides is 1. The van der Waals surface area contributed by atoms with Gasteiger partial charge in [-0.25, -0.2) is 12.8 Å². The summed E-state index contributed by atoms with van der Waals surface area (Å²) in [6.45, 7) is 6.22. The molecule has 1 heterocycles. The van der Waals surface area contributed by atoms with Crippen LogP contribution in [-0.2, 0) is 24.1 Å². The van der Waals surface area contributed by atoms with Gasteiger partial charge < -0.3 is 9.64 Å². The van der Waals surface area contributed by atoms with Crippen molar-refractivity contribution in [1.82, 2.24) is 0 Å². The molecular formula is C29H36Cl2FNO4S. The molecule has 1 aliphatic carbocycles. The van der Waals surface area contributed by atoms with E-state index in [1.54, 1.807) is 20.8 Å². The maximum Gasteiger partial charge on any atom is 0.232 e. The van der Waals surface area contributed by atoms with Gasteiger partial charge in [-0.2, -0.15) is 0 Å². The average Bonchev–Trinajstić information content (AvgIpc) is 2.88. The normalized spacial score (nSPS) is 18.8. The second-order valence-electron chi connectivity index (χ2n) is 11.5. The highest BCUT2D eigenvalue weighted by molar-refractivity contribution is 7.92. The van der Waals surface area contributed by atoms with Gasteiger partial charge in [0.1, 0.15) is 10.6 Å². The summed E-state index contributed by atoms with van der Waals surface area (Å²) in [5.74, 6) is -0.651. The van der Waals surface area contributed by atoms with Crippen LogP contribution in [0, 0.1) is 17.2 Å². The number of nitrogens with zero attached hydrogens (tertiary/aromatic N) is 1. The first-order valence-electron chi connectivity index (χ1n) is 13.3. The number of halogens is 3. The summed E-state index contributed by atoms with van der Waals surface area (Å²) in [5.41, 5.74) is -0.460. The van der Waals surface area contributed by atoms with Crippen molar-refractivity contribution in [2.45, 2.75) is 75.4 Å². The highest BCUT2D eigenvalue weighted by Crippen LogP contribution is 2.46. The first kappa shape index (κ1) is 29.3. The van der Waals surface area contributed by atoms with E-state index in [9.17, 15) is 13.2 Å². The van der Waals surface area contributed by atoms with Gasteiger partial charge >= 0.3 is 0 Å². The molecular weight excluding hydrogens is 548 g/mol. The van der Waals surface area contributed by atoms with Crippen molar-refractivity contribution in [2.75, 3.05) is 24.7 Å². The molecule has 0 radical (unpaired) electrons. The number of anilines is 1. The van der Waals surface area contributed by atoms with Gasteiger partial charge in [0, 0.05) is 30.2 Å². The Bertz CT molecular complexity index is 1240. The van der Waals surface area contributed by atoms with Crippen LogP contribution in [0.2, 0.25) is 10.0 Å². The van der Waals surface area contributed by atoms with E-state index in [4.69, 9.17) is 27.9 Å². The Hall–Kier alpha value is -1.67. The Balaban J connectivity index is 1.81. The quantitative estimate of drug-likeness (QED) is 0.351. The number of hydrogen-bond acceptors (Lipinski definition) is 4. The van der Waals surface area contributed by atoms with E-state index in [0.717, 1.165) is 25.7 Å². The second kappa shape index (κ2) is 11.4. The van der Waals surface area contributed by atoms with Gasteiger partial charge in [0.25, 0.3) is 0 Å². The molecule has 0 unspecified atom stereocenters. The minimum atomic E-state index is -3.97. The van der Waals surface area contributed by atoms with Crippen molar-refractivity contribution in [3.63, 3.8) is 0 Å². The lowest BCUT2D eigenvalue weighted by molar-refractivity contribution is -0.126. The van der Waals surface area contributed by atoms with Crippen molar-refractivity contribution in [3.05, 3.63) is 57.8 Å². The Morgan fingerprint density at radius 1 is 1.05 bits per heavy atom. The average molecular weight is 585 g/mol. The van der Waals surface area contributed by atoms with Gasteiger partial charge in [0.05, 0.1) is 15.6 Å². The third-order valence-electron chi connectivity index (χ3n) is 7.80. The zero-order valence-electron chi connectivity index (χ0n) is 22.2. The summed E-state index contributed by atoms with van der Waals surface area (Å²) in [4.78, 5) is 15.1. The van der Waals surface area contributed by atoms with Crippen LogP contribution in [0.3, 0.4) is 0 Å². The molecule has 0 aromatic heterocycles. The monoisotopic (exact) mass is 583 g/mol. The predicted octanol–water partition coefficient (Wildman–Crippen LogP) is 7.57. The molecule has 0 atom stereocenters. The van der Waals surface area contributed by atoms with Crippen LogP contribution in [0.5, 0.6) is 0 Å². The third kappa shape index (κ3) is 5.77. The Morgan fingerprint density at radius 2 is 1.66 bits per heavy atom. The molecule has 208 valence electrons. The highest BCUT2D eigenvalue weighted by Gasteiger charge is 2.48. The molecule has 1 aliphatic heterocycles. The largest absolute Gasteiger partial charge is 0.381 e. The second-order valence-corrected chi connectivity index (χ2v) is 14.6. The maximum atomic E-state index is 16.1. The number of carbonyl (C=O) groups is 1. The SMILES string of the molecule is CC(C)(C)C(=O)N(CC1CCCCC1)c1c(F)cc(C2(S(=O)(=O)c3ccc(Cl)cc3)CCOCC2)cc1Cl. The fourth-order valence-electron chi connectivity index (χ4n) is 5.65. The summed E-state index contributed by atoms with van der Waals surface area (Å²) in [6, 6.07) is 8.77. The topological polar surface area (TPSA) is 63.7 Å². The van der Waals surface area contributed by atoms with E-state index in [1.807, 2.05) is 0 Å². The number of rotatable bonds is 6. The van der Waals surface area contributed by atoms with Crippen LogP contribution in [0.15, 0.2) is 41.3 Å². The molecule has 38 heavy (non-hydrogen) atoms. The third-order valence-corrected chi connectivity index (χ3v) is 10.9. The van der Waals surface area contributed by atoms with Gasteiger partial charge in [-0.15, -0.1) is 0 Å². The van der Waals surface area contributed by atoms with Crippen LogP contribution in [0.1, 0.15) is 71.3 Å². The van der Waals surface area contributed by atoms with E-state index < -0.39 is 25.8 Å². The van der Waals surface area contributed by atoms with Crippen molar-refractivity contribution >= 4 is 44.6 Å². The van der Waals surface area contributed by atoms with E-state index in [2.05, 4.69) is 0 Å². The van der Waals surface area contributed by atoms with Gasteiger partial charge in [-0.3, -0.25) is 4.79 Å². The highest BCUT2D eigenvalue weighted by atomic mass is 35.5.